The summed E-state index contributed by atoms with van der Waals surface area (Å²) in [6.45, 7) is 9.77. The van der Waals surface area contributed by atoms with Crippen molar-refractivity contribution in [2.24, 2.45) is 5.41 Å². The van der Waals surface area contributed by atoms with Gasteiger partial charge in [-0.2, -0.15) is 9.10 Å². The molecule has 0 saturated carbocycles. The predicted octanol–water partition coefficient (Wildman–Crippen LogP) is 6.83. The van der Waals surface area contributed by atoms with Crippen LogP contribution in [0.4, 0.5) is 9.59 Å². The molecule has 408 valence electrons. The second-order valence-electron chi connectivity index (χ2n) is 20.7. The van der Waals surface area contributed by atoms with Gasteiger partial charge in [0.05, 0.1) is 39.5 Å². The Balaban J connectivity index is 1.45. The van der Waals surface area contributed by atoms with Crippen LogP contribution in [-0.2, 0) is 49.2 Å². The third kappa shape index (κ3) is 13.8. The number of methoxy groups -OCH3 is 3. The first kappa shape index (κ1) is 56.6. The Morgan fingerprint density at radius 3 is 1.87 bits per heavy atom. The molecule has 0 bridgehead atoms. The molecule has 2 aliphatic rings. The van der Waals surface area contributed by atoms with Crippen LogP contribution in [0.5, 0.6) is 17.2 Å². The predicted molar refractivity (Wildman–Crippen MR) is 282 cm³/mol. The van der Waals surface area contributed by atoms with Crippen molar-refractivity contribution in [3.8, 4) is 28.6 Å². The van der Waals surface area contributed by atoms with Crippen molar-refractivity contribution < 1.29 is 55.3 Å². The fraction of sp³-hybridized carbons (Fsp3) is 0.434. The van der Waals surface area contributed by atoms with E-state index in [0.29, 0.717) is 53.2 Å². The van der Waals surface area contributed by atoms with E-state index in [1.54, 1.807) is 94.6 Å². The average molecular weight is 1090 g/mol. The van der Waals surface area contributed by atoms with E-state index in [0.717, 1.165) is 5.56 Å². The van der Waals surface area contributed by atoms with Gasteiger partial charge in [-0.25, -0.2) is 31.1 Å². The highest BCUT2D eigenvalue weighted by Crippen LogP contribution is 2.43. The number of tetrazole rings is 1. The van der Waals surface area contributed by atoms with E-state index in [1.165, 1.54) is 40.4 Å². The number of carboxylic acid groups (broad SMARTS) is 1. The van der Waals surface area contributed by atoms with Gasteiger partial charge in [0.2, 0.25) is 31.8 Å². The molecule has 7 rings (SSSR count). The van der Waals surface area contributed by atoms with Gasteiger partial charge in [0.1, 0.15) is 39.2 Å². The van der Waals surface area contributed by atoms with Gasteiger partial charge in [-0.05, 0) is 127 Å². The van der Waals surface area contributed by atoms with Crippen LogP contribution in [-0.4, -0.2) is 128 Å². The number of carbonyl (C=O) groups excluding carboxylic acids is 2. The lowest BCUT2D eigenvalue weighted by Gasteiger charge is -2.37. The highest BCUT2D eigenvalue weighted by molar-refractivity contribution is 7.92. The SMILES string of the molecule is COc1ccc(CN(Cc2ccc(OC)cc2)S(=O)(=O)c2c(S(=O)(=O)N[C@@H]3CCN(C(=O)O)C3C(C)(C)C)ccc(C3=CC(NC(=O)CNC(=O)OC(C)(C)C)CCC3)c2-c2nnn(Cc3ccc(OC)cc3)n2)cc1. The van der Waals surface area contributed by atoms with E-state index >= 15 is 16.8 Å². The molecule has 4 N–H and O–H groups in total. The van der Waals surface area contributed by atoms with Crippen LogP contribution in [0, 0.1) is 5.41 Å². The number of benzene rings is 4. The van der Waals surface area contributed by atoms with Crippen LogP contribution in [0.3, 0.4) is 0 Å². The number of nitrogens with one attached hydrogen (secondary N) is 3. The lowest BCUT2D eigenvalue weighted by atomic mass is 9.83. The van der Waals surface area contributed by atoms with Crippen molar-refractivity contribution in [3.05, 3.63) is 113 Å². The van der Waals surface area contributed by atoms with Crippen molar-refractivity contribution in [3.63, 3.8) is 0 Å². The molecule has 1 saturated heterocycles. The number of hydrogen-bond donors (Lipinski definition) is 4. The van der Waals surface area contributed by atoms with Gasteiger partial charge in [-0.3, -0.25) is 4.79 Å². The lowest BCUT2D eigenvalue weighted by molar-refractivity contribution is -0.120. The number of alkyl carbamates (subject to hydrolysis) is 1. The van der Waals surface area contributed by atoms with Crippen molar-refractivity contribution in [2.45, 2.75) is 120 Å². The molecule has 1 aliphatic carbocycles. The topological polar surface area (TPSA) is 263 Å². The Morgan fingerprint density at radius 1 is 0.776 bits per heavy atom. The molecule has 2 unspecified atom stereocenters. The molecular weight excluding hydrogens is 1020 g/mol. The summed E-state index contributed by atoms with van der Waals surface area (Å²) >= 11 is 0. The van der Waals surface area contributed by atoms with Gasteiger partial charge < -0.3 is 39.6 Å². The number of sulfonamides is 2. The van der Waals surface area contributed by atoms with Gasteiger partial charge >= 0.3 is 12.2 Å². The first-order valence-electron chi connectivity index (χ1n) is 24.7. The van der Waals surface area contributed by atoms with Gasteiger partial charge in [-0.1, -0.05) is 69.3 Å². The van der Waals surface area contributed by atoms with Gasteiger partial charge in [0.15, 0.2) is 0 Å². The second-order valence-corrected chi connectivity index (χ2v) is 24.3. The van der Waals surface area contributed by atoms with Crippen molar-refractivity contribution in [2.75, 3.05) is 34.4 Å². The molecule has 4 aromatic carbocycles. The van der Waals surface area contributed by atoms with E-state index < -0.39 is 77.1 Å². The molecule has 21 nitrogen and oxygen atoms in total. The summed E-state index contributed by atoms with van der Waals surface area (Å²) in [5, 5.41) is 29.2. The van der Waals surface area contributed by atoms with Crippen LogP contribution in [0.1, 0.15) is 89.5 Å². The summed E-state index contributed by atoms with van der Waals surface area (Å²) in [5.74, 6) is 0.952. The number of hydrogen-bond acceptors (Lipinski definition) is 14. The molecule has 2 heterocycles. The zero-order valence-electron chi connectivity index (χ0n) is 44.2. The Hall–Kier alpha value is -7.08. The number of rotatable bonds is 19. The van der Waals surface area contributed by atoms with Crippen LogP contribution in [0.15, 0.2) is 101 Å². The third-order valence-corrected chi connectivity index (χ3v) is 16.4. The van der Waals surface area contributed by atoms with Crippen LogP contribution in [0.25, 0.3) is 17.0 Å². The molecule has 0 radical (unpaired) electrons. The molecule has 5 aromatic rings. The summed E-state index contributed by atoms with van der Waals surface area (Å²) in [5.41, 5.74) is 0.926. The molecular formula is C53H67N9O12S2. The number of carbonyl (C=O) groups is 3. The molecule has 23 heteroatoms. The zero-order chi connectivity index (χ0) is 55.2. The first-order valence-corrected chi connectivity index (χ1v) is 27.6. The number of ether oxygens (including phenoxy) is 4. The molecule has 3 amide bonds. The number of likely N-dealkylation sites (tertiary alicyclic amines) is 1. The Labute approximate surface area is 444 Å². The minimum absolute atomic E-state index is 0.0292. The van der Waals surface area contributed by atoms with Crippen LogP contribution < -0.4 is 29.6 Å². The van der Waals surface area contributed by atoms with E-state index in [9.17, 15) is 19.5 Å². The maximum atomic E-state index is 16.4. The normalized spacial score (nSPS) is 17.2. The second kappa shape index (κ2) is 23.4. The molecule has 0 spiro atoms. The lowest BCUT2D eigenvalue weighted by Crippen LogP contribution is -2.52. The standard InChI is InChI=1S/C53H67N9O12S2/c1-52(2,3)48-43(27-28-61(48)51(65)66)58-75(67,68)44-26-25-42(37-11-10-12-38(29-37)55-45(63)30-54-50(64)74-53(4,5)6)46(49-56-59-62(57-49)33-36-17-23-41(73-9)24-18-36)47(44)76(69,70)60(31-34-13-19-39(71-7)20-14-34)32-35-15-21-40(72-8)22-16-35/h13-26,29,38,43,48,58H,10-12,27-28,30-33H2,1-9H3,(H,54,64)(H,55,63)(H,65,66)/t38?,43-,48?/m1/s1. The molecule has 1 fully saturated rings. The summed E-state index contributed by atoms with van der Waals surface area (Å²) in [6, 6.07) is 21.1. The van der Waals surface area contributed by atoms with E-state index in [4.69, 9.17) is 24.0 Å². The molecule has 1 aliphatic heterocycles. The molecule has 76 heavy (non-hydrogen) atoms. The Kier molecular flexibility index (Phi) is 17.5. The summed E-state index contributed by atoms with van der Waals surface area (Å²) < 4.78 is 89.0. The fourth-order valence-corrected chi connectivity index (χ4v) is 13.2. The summed E-state index contributed by atoms with van der Waals surface area (Å²) in [4.78, 5) is 39.5. The zero-order valence-corrected chi connectivity index (χ0v) is 45.8. The summed E-state index contributed by atoms with van der Waals surface area (Å²) in [6.07, 6.45) is 1.24. The van der Waals surface area contributed by atoms with Crippen LogP contribution in [0.2, 0.25) is 0 Å². The summed E-state index contributed by atoms with van der Waals surface area (Å²) in [7, 11) is -5.36. The number of aromatic nitrogens is 4. The first-order chi connectivity index (χ1) is 35.9. The van der Waals surface area contributed by atoms with Gasteiger partial charge in [0.25, 0.3) is 0 Å². The van der Waals surface area contributed by atoms with E-state index in [1.807, 2.05) is 32.9 Å². The Morgan fingerprint density at radius 2 is 1.34 bits per heavy atom. The van der Waals surface area contributed by atoms with Crippen LogP contribution >= 0.6 is 0 Å². The monoisotopic (exact) mass is 1090 g/mol. The average Bonchev–Trinajstić information content (AvgIpc) is 4.03. The smallest absolute Gasteiger partial charge is 0.408 e. The van der Waals surface area contributed by atoms with Gasteiger partial charge in [-0.15, -0.1) is 10.2 Å². The number of allylic oxidation sites excluding steroid dienone is 1. The maximum absolute atomic E-state index is 16.4. The van der Waals surface area contributed by atoms with E-state index in [-0.39, 0.29) is 56.1 Å². The number of amides is 3. The largest absolute Gasteiger partial charge is 0.497 e. The fourth-order valence-electron chi connectivity index (χ4n) is 9.50. The van der Waals surface area contributed by atoms with Crippen molar-refractivity contribution in [1.29, 1.82) is 0 Å². The Bertz CT molecular complexity index is 3090. The molecule has 1 aromatic heterocycles. The van der Waals surface area contributed by atoms with Gasteiger partial charge in [0, 0.05) is 31.7 Å². The minimum atomic E-state index is -5.03. The highest BCUT2D eigenvalue weighted by atomic mass is 32.2. The van der Waals surface area contributed by atoms with Crippen molar-refractivity contribution >= 4 is 43.7 Å². The quantitative estimate of drug-likeness (QED) is 0.0661. The third-order valence-electron chi connectivity index (χ3n) is 12.9. The minimum Gasteiger partial charge on any atom is -0.497 e. The number of nitrogens with zero attached hydrogens (tertiary/aromatic N) is 6. The highest BCUT2D eigenvalue weighted by Gasteiger charge is 2.47. The molecule has 3 atom stereocenters. The van der Waals surface area contributed by atoms with E-state index in [2.05, 4.69) is 25.7 Å². The maximum Gasteiger partial charge on any atom is 0.408 e. The van der Waals surface area contributed by atoms with Crippen molar-refractivity contribution in [1.82, 2.24) is 44.8 Å².